The monoisotopic (exact) mass is 226 g/mol. The Morgan fingerprint density at radius 1 is 1.57 bits per heavy atom. The number of hydrogen-bond acceptors (Lipinski definition) is 3. The van der Waals surface area contributed by atoms with Gasteiger partial charge in [-0.2, -0.15) is 0 Å². The maximum absolute atomic E-state index is 12.7. The first-order chi connectivity index (χ1) is 6.45. The van der Waals surface area contributed by atoms with Gasteiger partial charge in [-0.25, -0.2) is 13.2 Å². The highest BCUT2D eigenvalue weighted by molar-refractivity contribution is 6.33. The van der Waals surface area contributed by atoms with Gasteiger partial charge in [0.2, 0.25) is 0 Å². The van der Waals surface area contributed by atoms with E-state index in [0.717, 1.165) is 0 Å². The molecule has 0 radical (unpaired) electrons. The van der Waals surface area contributed by atoms with Crippen LogP contribution in [0.3, 0.4) is 0 Å². The molecule has 1 aromatic rings. The zero-order valence-electron chi connectivity index (χ0n) is 6.38. The van der Waals surface area contributed by atoms with Crippen LogP contribution in [0.25, 0.3) is 0 Å². The minimum atomic E-state index is -3.22. The molecule has 8 heteroatoms. The minimum Gasteiger partial charge on any atom is -0.358 e. The van der Waals surface area contributed by atoms with Gasteiger partial charge in [-0.1, -0.05) is 11.6 Å². The Morgan fingerprint density at radius 2 is 2.14 bits per heavy atom. The van der Waals surface area contributed by atoms with Crippen LogP contribution in [0.2, 0.25) is 5.02 Å². The van der Waals surface area contributed by atoms with E-state index in [-0.39, 0.29) is 0 Å². The van der Waals surface area contributed by atoms with Crippen molar-refractivity contribution in [2.75, 3.05) is 0 Å². The van der Waals surface area contributed by atoms with Gasteiger partial charge >= 0.3 is 5.82 Å². The van der Waals surface area contributed by atoms with Gasteiger partial charge in [0, 0.05) is 0 Å². The van der Waals surface area contributed by atoms with Crippen molar-refractivity contribution in [1.29, 1.82) is 0 Å². The van der Waals surface area contributed by atoms with Crippen LogP contribution in [0.15, 0.2) is 6.20 Å². The second kappa shape index (κ2) is 3.79. The summed E-state index contributed by atoms with van der Waals surface area (Å²) in [5.41, 5.74) is -1.20. The van der Waals surface area contributed by atoms with Crippen LogP contribution >= 0.6 is 11.6 Å². The van der Waals surface area contributed by atoms with E-state index >= 15 is 0 Å². The standard InChI is InChI=1S/C6H2ClF3N2O2/c7-4-3(5(9)10)2(8)1-11-6(4)12(13)14/h1,5H. The zero-order valence-corrected chi connectivity index (χ0v) is 7.13. The molecule has 0 N–H and O–H groups in total. The van der Waals surface area contributed by atoms with E-state index in [1.54, 1.807) is 0 Å². The Hall–Kier alpha value is -1.37. The first-order valence-electron chi connectivity index (χ1n) is 3.21. The summed E-state index contributed by atoms with van der Waals surface area (Å²) in [5, 5.41) is 9.23. The number of rotatable bonds is 2. The molecule has 1 heterocycles. The Morgan fingerprint density at radius 3 is 2.57 bits per heavy atom. The third-order valence-electron chi connectivity index (χ3n) is 1.38. The van der Waals surface area contributed by atoms with Crippen molar-refractivity contribution in [2.24, 2.45) is 0 Å². The summed E-state index contributed by atoms with van der Waals surface area (Å²) in [6.45, 7) is 0. The molecular formula is C6H2ClF3N2O2. The molecule has 0 amide bonds. The van der Waals surface area contributed by atoms with Crippen molar-refractivity contribution in [2.45, 2.75) is 6.43 Å². The van der Waals surface area contributed by atoms with Crippen LogP contribution in [0.4, 0.5) is 19.0 Å². The van der Waals surface area contributed by atoms with Gasteiger partial charge < -0.3 is 10.1 Å². The average molecular weight is 227 g/mol. The molecule has 0 atom stereocenters. The molecule has 0 aliphatic heterocycles. The van der Waals surface area contributed by atoms with E-state index in [1.807, 2.05) is 0 Å². The average Bonchev–Trinajstić information content (AvgIpc) is 2.02. The summed E-state index contributed by atoms with van der Waals surface area (Å²) in [6.07, 6.45) is -2.88. The fourth-order valence-electron chi connectivity index (χ4n) is 0.797. The Bertz CT molecular complexity index is 386. The Balaban J connectivity index is 3.41. The summed E-state index contributed by atoms with van der Waals surface area (Å²) in [5.74, 6) is -2.35. The first-order valence-corrected chi connectivity index (χ1v) is 3.59. The molecule has 0 bridgehead atoms. The molecule has 1 aromatic heterocycles. The fourth-order valence-corrected chi connectivity index (χ4v) is 1.09. The van der Waals surface area contributed by atoms with E-state index in [2.05, 4.69) is 4.98 Å². The van der Waals surface area contributed by atoms with Crippen molar-refractivity contribution < 1.29 is 18.1 Å². The van der Waals surface area contributed by atoms with Gasteiger partial charge in [0.1, 0.15) is 0 Å². The second-order valence-corrected chi connectivity index (χ2v) is 2.59. The zero-order chi connectivity index (χ0) is 10.9. The van der Waals surface area contributed by atoms with E-state index in [1.165, 1.54) is 0 Å². The molecule has 4 nitrogen and oxygen atoms in total. The van der Waals surface area contributed by atoms with E-state index in [4.69, 9.17) is 11.6 Å². The predicted octanol–water partition coefficient (Wildman–Crippen LogP) is 2.72. The first kappa shape index (κ1) is 10.7. The molecule has 1 rings (SSSR count). The van der Waals surface area contributed by atoms with Crippen LogP contribution < -0.4 is 0 Å². The van der Waals surface area contributed by atoms with Gasteiger partial charge in [0.05, 0.1) is 5.56 Å². The van der Waals surface area contributed by atoms with Crippen molar-refractivity contribution >= 4 is 17.4 Å². The molecule has 0 unspecified atom stereocenters. The Labute approximate surface area is 80.5 Å². The van der Waals surface area contributed by atoms with Crippen LogP contribution in [-0.2, 0) is 0 Å². The van der Waals surface area contributed by atoms with Gasteiger partial charge in [-0.15, -0.1) is 0 Å². The topological polar surface area (TPSA) is 56.0 Å². The van der Waals surface area contributed by atoms with Crippen molar-refractivity contribution in [3.63, 3.8) is 0 Å². The summed E-state index contributed by atoms with van der Waals surface area (Å²) >= 11 is 5.18. The van der Waals surface area contributed by atoms with Gasteiger partial charge in [0.25, 0.3) is 6.43 Å². The van der Waals surface area contributed by atoms with Crippen LogP contribution in [0.5, 0.6) is 0 Å². The predicted molar refractivity (Wildman–Crippen MR) is 40.8 cm³/mol. The lowest BCUT2D eigenvalue weighted by molar-refractivity contribution is -0.389. The number of nitrogens with zero attached hydrogens (tertiary/aromatic N) is 2. The van der Waals surface area contributed by atoms with E-state index in [9.17, 15) is 23.3 Å². The Kier molecular flexibility index (Phi) is 2.90. The summed E-state index contributed by atoms with van der Waals surface area (Å²) in [7, 11) is 0. The van der Waals surface area contributed by atoms with Gasteiger partial charge in [-0.05, 0) is 9.91 Å². The molecule has 0 fully saturated rings. The molecule has 0 aliphatic carbocycles. The molecule has 0 aromatic carbocycles. The molecule has 0 saturated heterocycles. The summed E-state index contributed by atoms with van der Waals surface area (Å²) in [4.78, 5) is 12.1. The van der Waals surface area contributed by atoms with Crippen LogP contribution in [-0.4, -0.2) is 9.91 Å². The summed E-state index contributed by atoms with van der Waals surface area (Å²) < 4.78 is 37.0. The largest absolute Gasteiger partial charge is 0.382 e. The lowest BCUT2D eigenvalue weighted by atomic mass is 10.2. The van der Waals surface area contributed by atoms with Crippen molar-refractivity contribution in [1.82, 2.24) is 4.98 Å². The smallest absolute Gasteiger partial charge is 0.358 e. The SMILES string of the molecule is O=[N+]([O-])c1ncc(F)c(C(F)F)c1Cl. The number of pyridine rings is 1. The minimum absolute atomic E-state index is 0.339. The molecule has 0 aliphatic rings. The normalized spacial score (nSPS) is 10.6. The maximum atomic E-state index is 12.7. The fraction of sp³-hybridized carbons (Fsp3) is 0.167. The van der Waals surface area contributed by atoms with E-state index < -0.39 is 33.6 Å². The number of hydrogen-bond donors (Lipinski definition) is 0. The number of nitro groups is 1. The lowest BCUT2D eigenvalue weighted by Gasteiger charge is -2.02. The highest BCUT2D eigenvalue weighted by Crippen LogP contribution is 2.34. The van der Waals surface area contributed by atoms with E-state index in [0.29, 0.717) is 6.20 Å². The third-order valence-corrected chi connectivity index (χ3v) is 1.75. The van der Waals surface area contributed by atoms with Gasteiger partial charge in [-0.3, -0.25) is 0 Å². The maximum Gasteiger partial charge on any atom is 0.382 e. The van der Waals surface area contributed by atoms with Crippen LogP contribution in [0.1, 0.15) is 12.0 Å². The number of alkyl halides is 2. The van der Waals surface area contributed by atoms with Crippen molar-refractivity contribution in [3.05, 3.63) is 32.7 Å². The molecule has 76 valence electrons. The number of halogens is 4. The van der Waals surface area contributed by atoms with Crippen molar-refractivity contribution in [3.8, 4) is 0 Å². The highest BCUT2D eigenvalue weighted by Gasteiger charge is 2.27. The molecule has 0 spiro atoms. The second-order valence-electron chi connectivity index (χ2n) is 2.22. The van der Waals surface area contributed by atoms with Gasteiger partial charge in [0.15, 0.2) is 17.0 Å². The molecule has 0 saturated carbocycles. The highest BCUT2D eigenvalue weighted by atomic mass is 35.5. The lowest BCUT2D eigenvalue weighted by Crippen LogP contribution is -2.00. The molecular weight excluding hydrogens is 225 g/mol. The summed E-state index contributed by atoms with van der Waals surface area (Å²) in [6, 6.07) is 0. The molecule has 14 heavy (non-hydrogen) atoms. The van der Waals surface area contributed by atoms with Crippen LogP contribution in [0, 0.1) is 15.9 Å². The third kappa shape index (κ3) is 1.77. The number of aromatic nitrogens is 1. The quantitative estimate of drug-likeness (QED) is 0.575.